The lowest BCUT2D eigenvalue weighted by molar-refractivity contribution is 0.408. The first-order valence-electron chi connectivity index (χ1n) is 7.88. The number of halogens is 2. The molecule has 132 valence electrons. The molecule has 7 heteroatoms. The van der Waals surface area contributed by atoms with Gasteiger partial charge in [-0.25, -0.2) is 0 Å². The number of aromatic nitrogens is 1. The van der Waals surface area contributed by atoms with Crippen molar-refractivity contribution in [2.75, 3.05) is 5.32 Å². The Kier molecular flexibility index (Phi) is 4.15. The Balaban J connectivity index is 1.99. The molecule has 0 radical (unpaired) electrons. The molecule has 0 bridgehead atoms. The molecule has 0 amide bonds. The number of aromatic hydroxyl groups is 2. The van der Waals surface area contributed by atoms with Gasteiger partial charge in [0.25, 0.3) is 0 Å². The van der Waals surface area contributed by atoms with Gasteiger partial charge in [0, 0.05) is 27.4 Å². The van der Waals surface area contributed by atoms with E-state index in [-0.39, 0.29) is 11.5 Å². The van der Waals surface area contributed by atoms with Crippen molar-refractivity contribution < 1.29 is 10.2 Å². The van der Waals surface area contributed by atoms with Crippen molar-refractivity contribution in [2.45, 2.75) is 0 Å². The molecule has 0 unspecified atom stereocenters. The number of rotatable bonds is 2. The summed E-state index contributed by atoms with van der Waals surface area (Å²) in [6.07, 6.45) is 1.46. The number of nitrogens with one attached hydrogen (secondary N) is 1. The lowest BCUT2D eigenvalue weighted by atomic mass is 10.0. The van der Waals surface area contributed by atoms with Gasteiger partial charge in [-0.15, -0.1) is 0 Å². The Morgan fingerprint density at radius 1 is 0.963 bits per heavy atom. The third kappa shape index (κ3) is 2.85. The van der Waals surface area contributed by atoms with E-state index >= 15 is 0 Å². The molecule has 0 aliphatic carbocycles. The summed E-state index contributed by atoms with van der Waals surface area (Å²) in [5.74, 6) is -0.419. The number of hydrogen-bond donors (Lipinski definition) is 3. The summed E-state index contributed by atoms with van der Waals surface area (Å²) >= 11 is 12.2. The van der Waals surface area contributed by atoms with E-state index in [0.29, 0.717) is 48.7 Å². The van der Waals surface area contributed by atoms with Crippen LogP contribution in [0, 0.1) is 11.3 Å². The minimum atomic E-state index is -0.212. The van der Waals surface area contributed by atoms with E-state index in [0.717, 1.165) is 0 Å². The molecule has 0 spiro atoms. The topological polar surface area (TPSA) is 89.2 Å². The molecule has 0 saturated heterocycles. The predicted octanol–water partition coefficient (Wildman–Crippen LogP) is 5.72. The lowest BCUT2D eigenvalue weighted by Crippen LogP contribution is -1.98. The van der Waals surface area contributed by atoms with Gasteiger partial charge in [-0.1, -0.05) is 23.2 Å². The Bertz CT molecular complexity index is 1270. The highest BCUT2D eigenvalue weighted by atomic mass is 35.5. The van der Waals surface area contributed by atoms with Crippen molar-refractivity contribution in [2.24, 2.45) is 0 Å². The zero-order valence-corrected chi connectivity index (χ0v) is 15.2. The average Bonchev–Trinajstić information content (AvgIpc) is 2.66. The number of phenolic OH excluding ortho intramolecular Hbond substituents is 2. The highest BCUT2D eigenvalue weighted by Crippen LogP contribution is 2.39. The van der Waals surface area contributed by atoms with E-state index < -0.39 is 0 Å². The first-order valence-corrected chi connectivity index (χ1v) is 8.63. The van der Waals surface area contributed by atoms with Crippen LogP contribution in [0.4, 0.5) is 11.4 Å². The molecule has 0 aliphatic rings. The lowest BCUT2D eigenvalue weighted by Gasteiger charge is -2.14. The van der Waals surface area contributed by atoms with Crippen LogP contribution < -0.4 is 5.32 Å². The monoisotopic (exact) mass is 395 g/mol. The summed E-state index contributed by atoms with van der Waals surface area (Å²) < 4.78 is 0. The van der Waals surface area contributed by atoms with Crippen LogP contribution in [-0.2, 0) is 0 Å². The van der Waals surface area contributed by atoms with Gasteiger partial charge in [0.1, 0.15) is 6.07 Å². The molecule has 5 nitrogen and oxygen atoms in total. The first kappa shape index (κ1) is 17.2. The highest BCUT2D eigenvalue weighted by Gasteiger charge is 2.15. The van der Waals surface area contributed by atoms with Gasteiger partial charge in [-0.2, -0.15) is 5.26 Å². The Labute approximate surface area is 164 Å². The second-order valence-corrected chi connectivity index (χ2v) is 6.74. The average molecular weight is 396 g/mol. The number of fused-ring (bicyclic) bond motifs is 3. The van der Waals surface area contributed by atoms with Crippen LogP contribution in [0.2, 0.25) is 10.0 Å². The molecule has 3 N–H and O–H groups in total. The number of nitrogens with zero attached hydrogens (tertiary/aromatic N) is 2. The summed E-state index contributed by atoms with van der Waals surface area (Å²) in [4.78, 5) is 4.38. The van der Waals surface area contributed by atoms with Gasteiger partial charge in [-0.05, 0) is 42.5 Å². The molecule has 1 heterocycles. The number of pyridine rings is 1. The SMILES string of the molecule is N#Cc1cnc2c(ccc3c(O)c(O)ccc32)c1Nc1ccc(Cl)cc1Cl. The summed E-state index contributed by atoms with van der Waals surface area (Å²) in [5.41, 5.74) is 2.06. The fraction of sp³-hybridized carbons (Fsp3) is 0. The minimum Gasteiger partial charge on any atom is -0.504 e. The van der Waals surface area contributed by atoms with Gasteiger partial charge < -0.3 is 15.5 Å². The van der Waals surface area contributed by atoms with Crippen LogP contribution in [-0.4, -0.2) is 15.2 Å². The molecule has 4 rings (SSSR count). The molecule has 0 atom stereocenters. The number of phenols is 2. The van der Waals surface area contributed by atoms with E-state index in [1.165, 1.54) is 12.3 Å². The van der Waals surface area contributed by atoms with E-state index in [1.54, 1.807) is 36.4 Å². The van der Waals surface area contributed by atoms with E-state index in [1.807, 2.05) is 0 Å². The largest absolute Gasteiger partial charge is 0.504 e. The van der Waals surface area contributed by atoms with Crippen molar-refractivity contribution in [1.29, 1.82) is 5.26 Å². The fourth-order valence-electron chi connectivity index (χ4n) is 2.99. The Morgan fingerprint density at radius 2 is 1.70 bits per heavy atom. The van der Waals surface area contributed by atoms with Crippen molar-refractivity contribution in [3.05, 3.63) is 64.3 Å². The van der Waals surface area contributed by atoms with E-state index in [4.69, 9.17) is 23.2 Å². The zero-order valence-electron chi connectivity index (χ0n) is 13.7. The quantitative estimate of drug-likeness (QED) is 0.298. The maximum Gasteiger partial charge on any atom is 0.165 e. The standard InChI is InChI=1S/C20H11Cl2N3O2/c21-11-1-5-16(15(22)7-11)25-18-10(8-23)9-24-19-12-4-6-17(26)20(27)13(12)2-3-14(18)19/h1-7,9,26-27H,(H,24,25). The summed E-state index contributed by atoms with van der Waals surface area (Å²) in [6.45, 7) is 0. The Hall–Kier alpha value is -3.20. The number of nitriles is 1. The number of hydrogen-bond acceptors (Lipinski definition) is 5. The van der Waals surface area contributed by atoms with Crippen molar-refractivity contribution >= 4 is 56.3 Å². The molecular weight excluding hydrogens is 385 g/mol. The maximum absolute atomic E-state index is 10.1. The summed E-state index contributed by atoms with van der Waals surface area (Å²) in [7, 11) is 0. The summed E-state index contributed by atoms with van der Waals surface area (Å²) in [6, 6.07) is 13.6. The van der Waals surface area contributed by atoms with Gasteiger partial charge in [-0.3, -0.25) is 4.98 Å². The minimum absolute atomic E-state index is 0.207. The molecule has 4 aromatic rings. The normalized spacial score (nSPS) is 10.9. The molecule has 0 fully saturated rings. The van der Waals surface area contributed by atoms with Gasteiger partial charge in [0.05, 0.1) is 27.5 Å². The predicted molar refractivity (Wildman–Crippen MR) is 107 cm³/mol. The van der Waals surface area contributed by atoms with Crippen LogP contribution in [0.5, 0.6) is 11.5 Å². The number of benzene rings is 3. The first-order chi connectivity index (χ1) is 13.0. The smallest absolute Gasteiger partial charge is 0.165 e. The molecule has 3 aromatic carbocycles. The third-order valence-electron chi connectivity index (χ3n) is 4.30. The molecular formula is C20H11Cl2N3O2. The van der Waals surface area contributed by atoms with Crippen LogP contribution in [0.1, 0.15) is 5.56 Å². The van der Waals surface area contributed by atoms with E-state index in [9.17, 15) is 15.5 Å². The third-order valence-corrected chi connectivity index (χ3v) is 4.84. The van der Waals surface area contributed by atoms with Gasteiger partial charge >= 0.3 is 0 Å². The Morgan fingerprint density at radius 3 is 2.44 bits per heavy atom. The molecule has 0 aliphatic heterocycles. The van der Waals surface area contributed by atoms with Crippen LogP contribution in [0.3, 0.4) is 0 Å². The summed E-state index contributed by atoms with van der Waals surface area (Å²) in [5, 5.41) is 35.2. The van der Waals surface area contributed by atoms with Crippen molar-refractivity contribution in [1.82, 2.24) is 4.98 Å². The second kappa shape index (κ2) is 6.51. The zero-order chi connectivity index (χ0) is 19.1. The van der Waals surface area contributed by atoms with E-state index in [2.05, 4.69) is 16.4 Å². The molecule has 0 saturated carbocycles. The number of anilines is 2. The van der Waals surface area contributed by atoms with Crippen molar-refractivity contribution in [3.8, 4) is 17.6 Å². The van der Waals surface area contributed by atoms with Crippen LogP contribution >= 0.6 is 23.2 Å². The van der Waals surface area contributed by atoms with Gasteiger partial charge in [0.2, 0.25) is 0 Å². The van der Waals surface area contributed by atoms with Crippen molar-refractivity contribution in [3.63, 3.8) is 0 Å². The van der Waals surface area contributed by atoms with Crippen LogP contribution in [0.15, 0.2) is 48.7 Å². The molecule has 27 heavy (non-hydrogen) atoms. The fourth-order valence-corrected chi connectivity index (χ4v) is 3.44. The second-order valence-electron chi connectivity index (χ2n) is 5.90. The maximum atomic E-state index is 10.1. The highest BCUT2D eigenvalue weighted by molar-refractivity contribution is 6.36. The van der Waals surface area contributed by atoms with Crippen LogP contribution in [0.25, 0.3) is 21.7 Å². The molecule has 1 aromatic heterocycles. The van der Waals surface area contributed by atoms with Gasteiger partial charge in [0.15, 0.2) is 11.5 Å².